The first-order valence-corrected chi connectivity index (χ1v) is 7.58. The molecule has 0 aliphatic carbocycles. The van der Waals surface area contributed by atoms with Crippen LogP contribution in [0.1, 0.15) is 16.1 Å². The molecule has 4 heteroatoms. The molecule has 0 aliphatic rings. The maximum Gasteiger partial charge on any atom is 0.382 e. The summed E-state index contributed by atoms with van der Waals surface area (Å²) in [6.45, 7) is 0.779. The van der Waals surface area contributed by atoms with Crippen LogP contribution in [-0.4, -0.2) is 18.1 Å². The van der Waals surface area contributed by atoms with E-state index < -0.39 is 0 Å². The fourth-order valence-corrected chi connectivity index (χ4v) is 2.65. The van der Waals surface area contributed by atoms with E-state index in [0.717, 1.165) is 24.2 Å². The molecule has 0 aliphatic heterocycles. The van der Waals surface area contributed by atoms with E-state index in [1.165, 1.54) is 12.7 Å². The number of benzene rings is 2. The molecule has 4 nitrogen and oxygen atoms in total. The third-order valence-corrected chi connectivity index (χ3v) is 3.81. The van der Waals surface area contributed by atoms with Crippen LogP contribution in [0, 0.1) is 0 Å². The van der Waals surface area contributed by atoms with Crippen molar-refractivity contribution in [2.24, 2.45) is 0 Å². The largest absolute Gasteiger partial charge is 0.463 e. The van der Waals surface area contributed by atoms with Crippen molar-refractivity contribution < 1.29 is 14.1 Å². The molecule has 0 fully saturated rings. The minimum Gasteiger partial charge on any atom is -0.463 e. The number of aryl methyl sites for hydroxylation is 2. The second-order valence-corrected chi connectivity index (χ2v) is 5.28. The molecule has 23 heavy (non-hydrogen) atoms. The number of carbonyl (C=O) groups excluding carboxylic acids is 1. The molecule has 2 aromatic carbocycles. The van der Waals surface area contributed by atoms with Crippen LogP contribution in [0.25, 0.3) is 11.3 Å². The van der Waals surface area contributed by atoms with Crippen LogP contribution in [0.2, 0.25) is 0 Å². The summed E-state index contributed by atoms with van der Waals surface area (Å²) in [5.74, 6) is -0.359. The normalized spacial score (nSPS) is 10.5. The van der Waals surface area contributed by atoms with Crippen molar-refractivity contribution in [1.82, 2.24) is 4.98 Å². The van der Waals surface area contributed by atoms with Gasteiger partial charge in [0.05, 0.1) is 13.7 Å². The molecule has 1 heterocycles. The summed E-state index contributed by atoms with van der Waals surface area (Å²) in [7, 11) is 1.40. The summed E-state index contributed by atoms with van der Waals surface area (Å²) in [5.41, 5.74) is 3.59. The van der Waals surface area contributed by atoms with Crippen molar-refractivity contribution in [3.63, 3.8) is 0 Å². The van der Waals surface area contributed by atoms with Gasteiger partial charge in [-0.05, 0) is 5.56 Å². The topological polar surface area (TPSA) is 46.0 Å². The molecule has 0 unspecified atom stereocenters. The number of hydrogen-bond acceptors (Lipinski definition) is 2. The van der Waals surface area contributed by atoms with E-state index >= 15 is 0 Å². The highest BCUT2D eigenvalue weighted by molar-refractivity contribution is 5.93. The number of hydrogen-bond donors (Lipinski definition) is 1. The Morgan fingerprint density at radius 3 is 2.35 bits per heavy atom. The lowest BCUT2D eigenvalue weighted by Gasteiger charge is -2.04. The number of carbonyl (C=O) groups is 1. The number of rotatable bonds is 5. The quantitative estimate of drug-likeness (QED) is 0.582. The third-order valence-electron chi connectivity index (χ3n) is 3.81. The Hall–Kier alpha value is -2.88. The van der Waals surface area contributed by atoms with Crippen molar-refractivity contribution >= 4 is 5.97 Å². The average Bonchev–Trinajstić information content (AvgIpc) is 3.05. The number of ether oxygens (including phenoxy) is 1. The van der Waals surface area contributed by atoms with Crippen molar-refractivity contribution in [1.29, 1.82) is 0 Å². The molecule has 0 saturated heterocycles. The smallest absolute Gasteiger partial charge is 0.382 e. The van der Waals surface area contributed by atoms with E-state index in [4.69, 9.17) is 4.74 Å². The number of aromatic nitrogens is 2. The number of methoxy groups -OCH3 is 1. The Kier molecular flexibility index (Phi) is 4.52. The van der Waals surface area contributed by atoms with E-state index in [-0.39, 0.29) is 5.97 Å². The summed E-state index contributed by atoms with van der Waals surface area (Å²) in [6, 6.07) is 20.2. The Morgan fingerprint density at radius 1 is 1.04 bits per heavy atom. The average molecular weight is 307 g/mol. The Morgan fingerprint density at radius 2 is 1.70 bits per heavy atom. The van der Waals surface area contributed by atoms with E-state index in [2.05, 4.69) is 21.7 Å². The molecule has 0 saturated carbocycles. The van der Waals surface area contributed by atoms with E-state index in [9.17, 15) is 4.79 Å². The molecule has 3 rings (SSSR count). The van der Waals surface area contributed by atoms with Crippen LogP contribution in [-0.2, 0) is 17.7 Å². The zero-order valence-corrected chi connectivity index (χ0v) is 13.0. The lowest BCUT2D eigenvalue weighted by Crippen LogP contribution is -2.35. The van der Waals surface area contributed by atoms with Crippen molar-refractivity contribution in [3.8, 4) is 11.3 Å². The van der Waals surface area contributed by atoms with Gasteiger partial charge in [0.15, 0.2) is 5.69 Å². The first-order chi connectivity index (χ1) is 11.3. The van der Waals surface area contributed by atoms with Gasteiger partial charge < -0.3 is 4.74 Å². The van der Waals surface area contributed by atoms with Gasteiger partial charge in [0.2, 0.25) is 6.33 Å². The molecule has 0 atom stereocenters. The first-order valence-electron chi connectivity index (χ1n) is 7.58. The molecule has 0 radical (unpaired) electrons. The SMILES string of the molecule is COC(=O)c1[nH]c[n+](CCc2ccccc2)c1-c1ccccc1. The predicted octanol–water partition coefficient (Wildman–Crippen LogP) is 3.00. The Bertz CT molecular complexity index is 780. The summed E-state index contributed by atoms with van der Waals surface area (Å²) >= 11 is 0. The van der Waals surface area contributed by atoms with Gasteiger partial charge in [-0.25, -0.2) is 14.3 Å². The molecule has 1 aromatic heterocycles. The second kappa shape index (κ2) is 6.92. The van der Waals surface area contributed by atoms with Gasteiger partial charge >= 0.3 is 5.97 Å². The fourth-order valence-electron chi connectivity index (χ4n) is 2.65. The zero-order valence-electron chi connectivity index (χ0n) is 13.0. The highest BCUT2D eigenvalue weighted by Gasteiger charge is 2.26. The summed E-state index contributed by atoms with van der Waals surface area (Å²) < 4.78 is 6.96. The van der Waals surface area contributed by atoms with E-state index in [1.807, 2.05) is 54.9 Å². The van der Waals surface area contributed by atoms with Crippen molar-refractivity contribution in [2.75, 3.05) is 7.11 Å². The van der Waals surface area contributed by atoms with Gasteiger partial charge in [0.1, 0.15) is 0 Å². The molecule has 0 bridgehead atoms. The lowest BCUT2D eigenvalue weighted by atomic mass is 10.1. The highest BCUT2D eigenvalue weighted by atomic mass is 16.5. The van der Waals surface area contributed by atoms with Gasteiger partial charge in [0, 0.05) is 12.0 Å². The molecule has 0 spiro atoms. The first kappa shape index (κ1) is 15.0. The maximum absolute atomic E-state index is 12.0. The summed E-state index contributed by atoms with van der Waals surface area (Å²) in [5, 5.41) is 0. The van der Waals surface area contributed by atoms with Crippen LogP contribution in [0.15, 0.2) is 67.0 Å². The molecule has 1 N–H and O–H groups in total. The Labute approximate surface area is 135 Å². The van der Waals surface area contributed by atoms with Crippen LogP contribution < -0.4 is 4.57 Å². The zero-order chi connectivity index (χ0) is 16.1. The highest BCUT2D eigenvalue weighted by Crippen LogP contribution is 2.19. The van der Waals surface area contributed by atoms with Crippen LogP contribution in [0.3, 0.4) is 0 Å². The van der Waals surface area contributed by atoms with Gasteiger partial charge in [-0.15, -0.1) is 0 Å². The lowest BCUT2D eigenvalue weighted by molar-refractivity contribution is -0.684. The minimum atomic E-state index is -0.359. The number of nitrogens with one attached hydrogen (secondary N) is 1. The number of esters is 1. The van der Waals surface area contributed by atoms with Gasteiger partial charge in [-0.1, -0.05) is 60.7 Å². The molecule has 116 valence electrons. The van der Waals surface area contributed by atoms with Crippen molar-refractivity contribution in [3.05, 3.63) is 78.2 Å². The van der Waals surface area contributed by atoms with Crippen LogP contribution >= 0.6 is 0 Å². The van der Waals surface area contributed by atoms with Gasteiger partial charge in [0.25, 0.3) is 5.69 Å². The van der Waals surface area contributed by atoms with Crippen LogP contribution in [0.4, 0.5) is 0 Å². The summed E-state index contributed by atoms with van der Waals surface area (Å²) in [6.07, 6.45) is 2.72. The van der Waals surface area contributed by atoms with Gasteiger partial charge in [-0.3, -0.25) is 0 Å². The van der Waals surface area contributed by atoms with Crippen molar-refractivity contribution in [2.45, 2.75) is 13.0 Å². The monoisotopic (exact) mass is 307 g/mol. The molecular formula is C19H19N2O2+. The predicted molar refractivity (Wildman–Crippen MR) is 87.9 cm³/mol. The number of aromatic amines is 1. The molecule has 0 amide bonds. The fraction of sp³-hybridized carbons (Fsp3) is 0.158. The number of imidazole rings is 1. The molecule has 3 aromatic rings. The minimum absolute atomic E-state index is 0.359. The van der Waals surface area contributed by atoms with Crippen LogP contribution in [0.5, 0.6) is 0 Å². The standard InChI is InChI=1S/C19H18N2O2/c1-23-19(22)17-18(16-10-6-3-7-11-16)21(14-20-17)13-12-15-8-4-2-5-9-15/h2-11,14H,12-13H2,1H3/p+1. The third kappa shape index (κ3) is 3.31. The molecular weight excluding hydrogens is 288 g/mol. The van der Waals surface area contributed by atoms with Gasteiger partial charge in [-0.2, -0.15) is 0 Å². The number of nitrogens with zero attached hydrogens (tertiary/aromatic N) is 1. The maximum atomic E-state index is 12.0. The van der Waals surface area contributed by atoms with E-state index in [0.29, 0.717) is 5.69 Å². The number of H-pyrrole nitrogens is 1. The second-order valence-electron chi connectivity index (χ2n) is 5.28. The Balaban J connectivity index is 1.94. The van der Waals surface area contributed by atoms with E-state index in [1.54, 1.807) is 0 Å². The summed E-state index contributed by atoms with van der Waals surface area (Å²) in [4.78, 5) is 15.1.